The second-order valence-electron chi connectivity index (χ2n) is 5.81. The smallest absolute Gasteiger partial charge is 0.208 e. The number of likely N-dealkylation sites (N-methyl/N-ethyl adjacent to an activating group) is 1. The molecular weight excluding hydrogens is 238 g/mol. The van der Waals surface area contributed by atoms with Gasteiger partial charge in [0.1, 0.15) is 0 Å². The largest absolute Gasteiger partial charge is 0.339 e. The van der Waals surface area contributed by atoms with E-state index in [9.17, 15) is 0 Å². The predicted octanol–water partition coefficient (Wildman–Crippen LogP) is 1.16. The lowest BCUT2D eigenvalue weighted by Crippen LogP contribution is -2.57. The van der Waals surface area contributed by atoms with Crippen molar-refractivity contribution in [2.75, 3.05) is 26.2 Å². The number of hydrogen-bond acceptors (Lipinski definition) is 3. The van der Waals surface area contributed by atoms with Crippen LogP contribution in [0.15, 0.2) is 4.99 Å². The van der Waals surface area contributed by atoms with Crippen molar-refractivity contribution in [3.63, 3.8) is 0 Å². The third kappa shape index (κ3) is 3.83. The van der Waals surface area contributed by atoms with E-state index in [2.05, 4.69) is 29.1 Å². The van der Waals surface area contributed by atoms with Gasteiger partial charge in [-0.3, -0.25) is 10.3 Å². The molecule has 0 aromatic carbocycles. The van der Waals surface area contributed by atoms with E-state index in [1.54, 1.807) is 0 Å². The van der Waals surface area contributed by atoms with E-state index < -0.39 is 0 Å². The summed E-state index contributed by atoms with van der Waals surface area (Å²) >= 11 is 0. The summed E-state index contributed by atoms with van der Waals surface area (Å²) in [5, 5.41) is 0. The average Bonchev–Trinajstić information content (AvgIpc) is 2.46. The number of guanidine groups is 1. The first-order chi connectivity index (χ1) is 9.24. The summed E-state index contributed by atoms with van der Waals surface area (Å²) in [5.74, 6) is 6.60. The van der Waals surface area contributed by atoms with Crippen LogP contribution in [0.4, 0.5) is 0 Å². The number of nitrogens with two attached hydrogens (primary N) is 1. The number of rotatable bonds is 2. The van der Waals surface area contributed by atoms with E-state index in [0.717, 1.165) is 32.1 Å². The van der Waals surface area contributed by atoms with Crippen molar-refractivity contribution >= 4 is 5.96 Å². The van der Waals surface area contributed by atoms with Gasteiger partial charge in [-0.1, -0.05) is 26.2 Å². The zero-order chi connectivity index (χ0) is 13.7. The summed E-state index contributed by atoms with van der Waals surface area (Å²) in [4.78, 5) is 9.67. The number of hydrazine groups is 1. The van der Waals surface area contributed by atoms with Crippen LogP contribution in [0.1, 0.15) is 46.0 Å². The van der Waals surface area contributed by atoms with Gasteiger partial charge in [0.2, 0.25) is 5.96 Å². The second-order valence-corrected chi connectivity index (χ2v) is 5.81. The third-order valence-electron chi connectivity index (χ3n) is 4.48. The van der Waals surface area contributed by atoms with E-state index in [1.165, 1.54) is 32.1 Å². The van der Waals surface area contributed by atoms with Gasteiger partial charge in [0.25, 0.3) is 0 Å². The number of aliphatic imine (C=N–C) groups is 1. The molecule has 2 fully saturated rings. The number of hydrogen-bond donors (Lipinski definition) is 2. The molecule has 0 aromatic rings. The van der Waals surface area contributed by atoms with Gasteiger partial charge in [-0.2, -0.15) is 0 Å². The van der Waals surface area contributed by atoms with Crippen LogP contribution in [0.3, 0.4) is 0 Å². The van der Waals surface area contributed by atoms with E-state index in [-0.39, 0.29) is 0 Å². The van der Waals surface area contributed by atoms with Crippen molar-refractivity contribution in [3.8, 4) is 0 Å². The van der Waals surface area contributed by atoms with Crippen molar-refractivity contribution in [2.45, 2.75) is 58.0 Å². The van der Waals surface area contributed by atoms with Crippen molar-refractivity contribution < 1.29 is 0 Å². The van der Waals surface area contributed by atoms with E-state index in [1.807, 2.05) is 0 Å². The molecule has 1 heterocycles. The number of nitrogens with one attached hydrogen (secondary N) is 1. The van der Waals surface area contributed by atoms with Crippen LogP contribution in [-0.4, -0.2) is 54.0 Å². The Morgan fingerprint density at radius 1 is 1.26 bits per heavy atom. The molecule has 0 amide bonds. The second kappa shape index (κ2) is 7.10. The van der Waals surface area contributed by atoms with Gasteiger partial charge in [-0.25, -0.2) is 10.8 Å². The molecule has 5 heteroatoms. The molecule has 0 bridgehead atoms. The Balaban J connectivity index is 1.95. The maximum absolute atomic E-state index is 5.70. The van der Waals surface area contributed by atoms with Gasteiger partial charge in [0.05, 0.1) is 6.04 Å². The molecule has 19 heavy (non-hydrogen) atoms. The Morgan fingerprint density at radius 3 is 2.58 bits per heavy atom. The summed E-state index contributed by atoms with van der Waals surface area (Å²) in [6.45, 7) is 8.77. The van der Waals surface area contributed by atoms with Gasteiger partial charge in [-0.15, -0.1) is 0 Å². The molecule has 5 nitrogen and oxygen atoms in total. The summed E-state index contributed by atoms with van der Waals surface area (Å²) in [5.41, 5.74) is 2.83. The van der Waals surface area contributed by atoms with Crippen molar-refractivity contribution in [1.82, 2.24) is 15.2 Å². The topological polar surface area (TPSA) is 56.9 Å². The Hall–Kier alpha value is -0.810. The van der Waals surface area contributed by atoms with Crippen LogP contribution in [-0.2, 0) is 0 Å². The fourth-order valence-electron chi connectivity index (χ4n) is 3.25. The third-order valence-corrected chi connectivity index (χ3v) is 4.48. The Morgan fingerprint density at radius 2 is 2.00 bits per heavy atom. The fraction of sp³-hybridized carbons (Fsp3) is 0.929. The molecule has 2 rings (SSSR count). The van der Waals surface area contributed by atoms with E-state index in [0.29, 0.717) is 12.1 Å². The Labute approximate surface area is 117 Å². The minimum Gasteiger partial charge on any atom is -0.339 e. The van der Waals surface area contributed by atoms with Crippen LogP contribution < -0.4 is 11.3 Å². The maximum Gasteiger partial charge on any atom is 0.208 e. The highest BCUT2D eigenvalue weighted by molar-refractivity contribution is 5.79. The lowest BCUT2D eigenvalue weighted by molar-refractivity contribution is 0.127. The maximum atomic E-state index is 5.70. The monoisotopic (exact) mass is 267 g/mol. The highest BCUT2D eigenvalue weighted by Gasteiger charge is 2.25. The van der Waals surface area contributed by atoms with Crippen molar-refractivity contribution in [3.05, 3.63) is 0 Å². The van der Waals surface area contributed by atoms with Gasteiger partial charge in [-0.05, 0) is 26.3 Å². The normalized spacial score (nSPS) is 27.6. The van der Waals surface area contributed by atoms with Gasteiger partial charge < -0.3 is 4.90 Å². The SMILES string of the molecule is CCN1CCN(C(=NC2CCCCC2)NN)CC1C. The molecule has 1 unspecified atom stereocenters. The molecule has 1 aliphatic heterocycles. The highest BCUT2D eigenvalue weighted by Crippen LogP contribution is 2.20. The first-order valence-corrected chi connectivity index (χ1v) is 7.78. The molecule has 0 spiro atoms. The predicted molar refractivity (Wildman–Crippen MR) is 79.9 cm³/mol. The Bertz CT molecular complexity index is 298. The van der Waals surface area contributed by atoms with E-state index in [4.69, 9.17) is 10.8 Å². The zero-order valence-electron chi connectivity index (χ0n) is 12.4. The fourth-order valence-corrected chi connectivity index (χ4v) is 3.25. The van der Waals surface area contributed by atoms with Crippen LogP contribution in [0.2, 0.25) is 0 Å². The summed E-state index contributed by atoms with van der Waals surface area (Å²) < 4.78 is 0. The van der Waals surface area contributed by atoms with Crippen LogP contribution in [0.25, 0.3) is 0 Å². The summed E-state index contributed by atoms with van der Waals surface area (Å²) in [6.07, 6.45) is 6.42. The molecule has 0 radical (unpaired) electrons. The molecule has 1 atom stereocenters. The molecule has 1 saturated carbocycles. The van der Waals surface area contributed by atoms with Crippen molar-refractivity contribution in [1.29, 1.82) is 0 Å². The first kappa shape index (κ1) is 14.6. The van der Waals surface area contributed by atoms with E-state index >= 15 is 0 Å². The van der Waals surface area contributed by atoms with Gasteiger partial charge in [0.15, 0.2) is 0 Å². The van der Waals surface area contributed by atoms with Gasteiger partial charge in [0, 0.05) is 25.7 Å². The molecule has 0 aromatic heterocycles. The number of piperazine rings is 1. The minimum atomic E-state index is 0.472. The first-order valence-electron chi connectivity index (χ1n) is 7.78. The van der Waals surface area contributed by atoms with Gasteiger partial charge >= 0.3 is 0 Å². The Kier molecular flexibility index (Phi) is 5.45. The molecular formula is C14H29N5. The zero-order valence-corrected chi connectivity index (χ0v) is 12.4. The summed E-state index contributed by atoms with van der Waals surface area (Å²) in [7, 11) is 0. The lowest BCUT2D eigenvalue weighted by Gasteiger charge is -2.40. The lowest BCUT2D eigenvalue weighted by atomic mass is 9.96. The van der Waals surface area contributed by atoms with Crippen molar-refractivity contribution in [2.24, 2.45) is 10.8 Å². The molecule has 1 saturated heterocycles. The van der Waals surface area contributed by atoms with Crippen LogP contribution in [0.5, 0.6) is 0 Å². The summed E-state index contributed by atoms with van der Waals surface area (Å²) in [6, 6.07) is 1.04. The van der Waals surface area contributed by atoms with Crippen LogP contribution in [0, 0.1) is 0 Å². The molecule has 1 aliphatic carbocycles. The van der Waals surface area contributed by atoms with Crippen LogP contribution >= 0.6 is 0 Å². The molecule has 3 N–H and O–H groups in total. The standard InChI is InChI=1S/C14H29N5/c1-3-18-9-10-19(11-12(18)2)14(17-15)16-13-7-5-4-6-8-13/h12-13H,3-11,15H2,1-2H3,(H,16,17). The quantitative estimate of drug-likeness (QED) is 0.341. The highest BCUT2D eigenvalue weighted by atomic mass is 15.4. The number of nitrogens with zero attached hydrogens (tertiary/aromatic N) is 3. The molecule has 2 aliphatic rings. The molecule has 110 valence electrons. The average molecular weight is 267 g/mol. The minimum absolute atomic E-state index is 0.472.